The van der Waals surface area contributed by atoms with Crippen LogP contribution < -0.4 is 14.4 Å². The summed E-state index contributed by atoms with van der Waals surface area (Å²) in [5.41, 5.74) is 3.77. The summed E-state index contributed by atoms with van der Waals surface area (Å²) in [6.45, 7) is 29.4. The summed E-state index contributed by atoms with van der Waals surface area (Å²) in [6.07, 6.45) is 10.7. The van der Waals surface area contributed by atoms with Crippen molar-refractivity contribution in [3.63, 3.8) is 0 Å². The molecule has 0 radical (unpaired) electrons. The highest BCUT2D eigenvalue weighted by Crippen LogP contribution is 2.44. The third-order valence-corrected chi connectivity index (χ3v) is 25.8. The number of hydrogen-bond acceptors (Lipinski definition) is 14. The van der Waals surface area contributed by atoms with Crippen molar-refractivity contribution in [2.75, 3.05) is 71.3 Å². The minimum atomic E-state index is -2.37. The lowest BCUT2D eigenvalue weighted by Gasteiger charge is -2.42. The van der Waals surface area contributed by atoms with E-state index in [4.69, 9.17) is 43.4 Å². The molecular formula is C68H96F2N8O9Si. The zero-order valence-electron chi connectivity index (χ0n) is 54.5. The number of fused-ring (bicyclic) bond motifs is 4. The maximum Gasteiger partial charge on any atom is 0.410 e. The van der Waals surface area contributed by atoms with E-state index in [9.17, 15) is 14.4 Å². The van der Waals surface area contributed by atoms with Gasteiger partial charge in [0.1, 0.15) is 54.9 Å². The fourth-order valence-electron chi connectivity index (χ4n) is 15.4. The lowest BCUT2D eigenvalue weighted by molar-refractivity contribution is -0.185. The Bertz CT molecular complexity index is 3210. The lowest BCUT2D eigenvalue weighted by atomic mass is 9.84. The van der Waals surface area contributed by atoms with Crippen LogP contribution in [0.2, 0.25) is 16.6 Å². The average molecular weight is 1240 g/mol. The topological polar surface area (TPSA) is 161 Å². The highest BCUT2D eigenvalue weighted by Gasteiger charge is 2.49. The van der Waals surface area contributed by atoms with Gasteiger partial charge in [0.15, 0.2) is 18.9 Å². The first kappa shape index (κ1) is 65.2. The van der Waals surface area contributed by atoms with Crippen molar-refractivity contribution in [3.8, 4) is 34.5 Å². The quantitative estimate of drug-likeness (QED) is 0.0495. The van der Waals surface area contributed by atoms with Crippen molar-refractivity contribution in [1.29, 1.82) is 0 Å². The Balaban J connectivity index is 0.938. The third kappa shape index (κ3) is 13.8. The molecule has 2 aromatic carbocycles. The Morgan fingerprint density at radius 3 is 2.26 bits per heavy atom. The first-order valence-corrected chi connectivity index (χ1v) is 34.9. The molecule has 3 unspecified atom stereocenters. The van der Waals surface area contributed by atoms with Gasteiger partial charge in [0.25, 0.3) is 0 Å². The first-order valence-electron chi connectivity index (χ1n) is 32.6. The smallest absolute Gasteiger partial charge is 0.410 e. The Morgan fingerprint density at radius 2 is 1.59 bits per heavy atom. The second-order valence-corrected chi connectivity index (χ2v) is 34.1. The van der Waals surface area contributed by atoms with Gasteiger partial charge < -0.3 is 43.1 Å². The molecule has 2 aromatic heterocycles. The summed E-state index contributed by atoms with van der Waals surface area (Å²) in [6, 6.07) is 5.49. The second kappa shape index (κ2) is 27.0. The molecule has 6 saturated heterocycles. The molecule has 2 bridgehead atoms. The van der Waals surface area contributed by atoms with Crippen LogP contribution in [0.5, 0.6) is 11.8 Å². The summed E-state index contributed by atoms with van der Waals surface area (Å²) in [5.74, 6) is 2.94. The van der Waals surface area contributed by atoms with Crippen LogP contribution in [0.3, 0.4) is 0 Å². The fourth-order valence-corrected chi connectivity index (χ4v) is 20.6. The Labute approximate surface area is 521 Å². The van der Waals surface area contributed by atoms with E-state index in [0.29, 0.717) is 73.4 Å². The van der Waals surface area contributed by atoms with Gasteiger partial charge in [-0.1, -0.05) is 74.3 Å². The van der Waals surface area contributed by atoms with E-state index in [2.05, 4.69) is 83.6 Å². The molecule has 0 spiro atoms. The zero-order chi connectivity index (χ0) is 63.0. The summed E-state index contributed by atoms with van der Waals surface area (Å²) in [7, 11) is -0.849. The standard InChI is InChI=1S/C68H96F2N8O9Si/c1-42(2)88(43(3)4,44(5)6)33-28-52-55(69)25-21-45-34-51(85-41-82-13)35-53(58(45)52)60-59(70)61-54(36-71-60)63(76-37-47-22-23-48(38-76)77(47)66(81)87-68(10,11)12)73-65(72-61)84-40-49-19-17-30-74(49)29-16-18-46-24-26-56(79)78(46)62(67(7,8)9)64(80)75-31-27-50(39-75)86-57-20-14-15-32-83-57/h21,25,34-36,42-44,46-50,57,62H,14-20,22-24,26-27,29-32,37-41H2,1-13H3/t46?,47?,48?,49-,50+,57-,62+/m0/s1. The van der Waals surface area contributed by atoms with Crippen molar-refractivity contribution in [2.24, 2.45) is 5.41 Å². The maximum atomic E-state index is 18.3. The molecule has 4 aromatic rings. The van der Waals surface area contributed by atoms with Gasteiger partial charge in [-0.05, 0) is 150 Å². The van der Waals surface area contributed by atoms with E-state index in [1.165, 1.54) is 13.2 Å². The average Bonchev–Trinajstić information content (AvgIpc) is 2.86. The largest absolute Gasteiger partial charge is 0.468 e. The highest BCUT2D eigenvalue weighted by atomic mass is 28.3. The summed E-state index contributed by atoms with van der Waals surface area (Å²) in [5, 5.41) is 1.36. The number of nitrogens with zero attached hydrogens (tertiary/aromatic N) is 8. The minimum absolute atomic E-state index is 0.000477. The molecule has 6 aliphatic heterocycles. The number of carbonyl (C=O) groups is 3. The molecule has 0 saturated carbocycles. The van der Waals surface area contributed by atoms with Crippen LogP contribution in [0.1, 0.15) is 166 Å². The van der Waals surface area contributed by atoms with E-state index in [1.54, 1.807) is 24.4 Å². The number of anilines is 1. The van der Waals surface area contributed by atoms with Crippen LogP contribution >= 0.6 is 0 Å². The van der Waals surface area contributed by atoms with Gasteiger partial charge in [-0.25, -0.2) is 13.6 Å². The number of piperazine rings is 1. The fraction of sp³-hybridized carbons (Fsp3) is 0.676. The third-order valence-electron chi connectivity index (χ3n) is 19.5. The first-order chi connectivity index (χ1) is 41.9. The number of aromatic nitrogens is 3. The van der Waals surface area contributed by atoms with Crippen molar-refractivity contribution < 1.29 is 51.6 Å². The zero-order valence-corrected chi connectivity index (χ0v) is 55.5. The predicted molar refractivity (Wildman–Crippen MR) is 340 cm³/mol. The van der Waals surface area contributed by atoms with Gasteiger partial charge in [0.05, 0.1) is 29.1 Å². The van der Waals surface area contributed by atoms with Gasteiger partial charge >= 0.3 is 12.1 Å². The van der Waals surface area contributed by atoms with E-state index >= 15 is 8.78 Å². The van der Waals surface area contributed by atoms with Crippen LogP contribution in [0.4, 0.5) is 19.4 Å². The number of benzene rings is 2. The maximum absolute atomic E-state index is 18.3. The van der Waals surface area contributed by atoms with E-state index in [1.807, 2.05) is 35.5 Å². The second-order valence-electron chi connectivity index (χ2n) is 28.6. The number of rotatable bonds is 19. The minimum Gasteiger partial charge on any atom is -0.468 e. The van der Waals surface area contributed by atoms with Gasteiger partial charge in [0.2, 0.25) is 11.8 Å². The Kier molecular flexibility index (Phi) is 20.0. The predicted octanol–water partition coefficient (Wildman–Crippen LogP) is 12.4. The molecule has 17 nitrogen and oxygen atoms in total. The van der Waals surface area contributed by atoms with Crippen molar-refractivity contribution in [2.45, 2.75) is 225 Å². The van der Waals surface area contributed by atoms with Gasteiger partial charge in [-0.2, -0.15) is 9.97 Å². The molecule has 8 heterocycles. The van der Waals surface area contributed by atoms with Crippen molar-refractivity contribution >= 4 is 53.5 Å². The molecule has 20 heteroatoms. The molecule has 6 aliphatic rings. The number of likely N-dealkylation sites (tertiary alicyclic amines) is 3. The number of ether oxygens (including phenoxy) is 6. The van der Waals surface area contributed by atoms with Gasteiger partial charge in [-0.15, -0.1) is 5.54 Å². The van der Waals surface area contributed by atoms with Crippen molar-refractivity contribution in [1.82, 2.24) is 34.6 Å². The monoisotopic (exact) mass is 1230 g/mol. The van der Waals surface area contributed by atoms with E-state index < -0.39 is 36.8 Å². The van der Waals surface area contributed by atoms with Crippen LogP contribution in [0.15, 0.2) is 30.5 Å². The molecule has 7 atom stereocenters. The Morgan fingerprint density at radius 1 is 0.852 bits per heavy atom. The van der Waals surface area contributed by atoms with Crippen molar-refractivity contribution in [3.05, 3.63) is 47.7 Å². The van der Waals surface area contributed by atoms with Crippen LogP contribution in [-0.4, -0.2) is 175 Å². The number of hydrogen-bond donors (Lipinski definition) is 0. The highest BCUT2D eigenvalue weighted by molar-refractivity contribution is 6.90. The molecule has 10 rings (SSSR count). The van der Waals surface area contributed by atoms with E-state index in [-0.39, 0.29) is 113 Å². The molecule has 480 valence electrons. The molecule has 88 heavy (non-hydrogen) atoms. The van der Waals surface area contributed by atoms with Crippen LogP contribution in [0, 0.1) is 28.5 Å². The van der Waals surface area contributed by atoms with Crippen LogP contribution in [0.25, 0.3) is 32.9 Å². The molecule has 0 N–H and O–H groups in total. The number of halogens is 2. The lowest BCUT2D eigenvalue weighted by Crippen LogP contribution is -2.57. The molecule has 6 fully saturated rings. The number of methoxy groups -OCH3 is 1. The molecule has 3 amide bonds. The SMILES string of the molecule is COCOc1cc(-c2ncc3c(N4CC5CCC(C4)N5C(=O)OC(C)(C)C)nc(OC[C@@H]4CCCN4CCCC4CCC(=O)N4[C@H](C(=O)N4CC[C@@H](O[C@H]5CCCCO5)C4)C(C)(C)C)nc3c2F)c2c(C#C[Si](C(C)C)(C(C)C)C(C)C)c(F)ccc2c1. The molecule has 0 aliphatic carbocycles. The number of carbonyl (C=O) groups excluding carboxylic acids is 3. The van der Waals surface area contributed by atoms with Gasteiger partial charge in [-0.3, -0.25) is 24.4 Å². The Hall–Kier alpha value is -5.72. The molecular weight excluding hydrogens is 1140 g/mol. The van der Waals surface area contributed by atoms with Gasteiger partial charge in [0, 0.05) is 75.5 Å². The van der Waals surface area contributed by atoms with Crippen LogP contribution in [-0.2, 0) is 28.5 Å². The number of pyridine rings is 1. The normalized spacial score (nSPS) is 23.3. The summed E-state index contributed by atoms with van der Waals surface area (Å²) in [4.78, 5) is 67.2. The van der Waals surface area contributed by atoms with E-state index in [0.717, 1.165) is 77.3 Å². The number of amides is 3. The summed E-state index contributed by atoms with van der Waals surface area (Å²) >= 11 is 0. The summed E-state index contributed by atoms with van der Waals surface area (Å²) < 4.78 is 71.0.